The number of nitrogens with zero attached hydrogens (tertiary/aromatic N) is 3. The molecule has 2 unspecified atom stereocenters. The first kappa shape index (κ1) is 24.0. The molecule has 3 aromatic rings. The van der Waals surface area contributed by atoms with Gasteiger partial charge in [-0.15, -0.1) is 0 Å². The number of allylic oxidation sites excluding steroid dienone is 1. The summed E-state index contributed by atoms with van der Waals surface area (Å²) >= 11 is 14.5. The van der Waals surface area contributed by atoms with Gasteiger partial charge in [-0.05, 0) is 68.0 Å². The van der Waals surface area contributed by atoms with E-state index >= 15 is 0 Å². The van der Waals surface area contributed by atoms with Crippen LogP contribution in [0.3, 0.4) is 0 Å². The van der Waals surface area contributed by atoms with E-state index in [1.165, 1.54) is 16.9 Å². The summed E-state index contributed by atoms with van der Waals surface area (Å²) < 4.78 is 5.24. The van der Waals surface area contributed by atoms with Crippen molar-refractivity contribution in [2.24, 2.45) is 11.0 Å². The Kier molecular flexibility index (Phi) is 6.96. The molecule has 180 valence electrons. The van der Waals surface area contributed by atoms with Gasteiger partial charge in [0.25, 0.3) is 0 Å². The summed E-state index contributed by atoms with van der Waals surface area (Å²) in [6.07, 6.45) is 5.10. The lowest BCUT2D eigenvalue weighted by molar-refractivity contribution is 0.0531. The number of esters is 1. The highest BCUT2D eigenvalue weighted by Gasteiger charge is 2.44. The van der Waals surface area contributed by atoms with E-state index < -0.39 is 0 Å². The number of halogens is 2. The average Bonchev–Trinajstić information content (AvgIpc) is 3.42. The molecule has 8 heteroatoms. The van der Waals surface area contributed by atoms with Crippen molar-refractivity contribution in [1.29, 1.82) is 0 Å². The lowest BCUT2D eigenvalue weighted by atomic mass is 9.77. The molecule has 5 nitrogen and oxygen atoms in total. The van der Waals surface area contributed by atoms with Crippen molar-refractivity contribution < 1.29 is 9.53 Å². The van der Waals surface area contributed by atoms with Gasteiger partial charge in [-0.1, -0.05) is 70.9 Å². The predicted octanol–water partition coefficient (Wildman–Crippen LogP) is 7.74. The van der Waals surface area contributed by atoms with E-state index in [-0.39, 0.29) is 17.9 Å². The highest BCUT2D eigenvalue weighted by atomic mass is 35.5. The summed E-state index contributed by atoms with van der Waals surface area (Å²) in [4.78, 5) is 17.7. The number of carbonyl (C=O) groups excluding carboxylic acids is 1. The van der Waals surface area contributed by atoms with Crippen LogP contribution in [-0.2, 0) is 4.74 Å². The van der Waals surface area contributed by atoms with E-state index in [1.54, 1.807) is 6.92 Å². The number of carbonyl (C=O) groups is 1. The highest BCUT2D eigenvalue weighted by Crippen LogP contribution is 2.48. The Bertz CT molecular complexity index is 1330. The second kappa shape index (κ2) is 10.1. The number of benzene rings is 2. The fourth-order valence-electron chi connectivity index (χ4n) is 4.83. The summed E-state index contributed by atoms with van der Waals surface area (Å²) in [6.45, 7) is 3.94. The monoisotopic (exact) mass is 525 g/mol. The Morgan fingerprint density at radius 3 is 2.66 bits per heavy atom. The number of ether oxygens (including phenoxy) is 1. The van der Waals surface area contributed by atoms with Crippen LogP contribution in [0.4, 0.5) is 5.13 Å². The Hall–Kier alpha value is -2.67. The van der Waals surface area contributed by atoms with Crippen LogP contribution in [-0.4, -0.2) is 23.3 Å². The van der Waals surface area contributed by atoms with Crippen LogP contribution in [0, 0.1) is 12.8 Å². The molecular weight excluding hydrogens is 501 g/mol. The minimum absolute atomic E-state index is 0.116. The number of rotatable bonds is 5. The van der Waals surface area contributed by atoms with E-state index in [0.29, 0.717) is 27.3 Å². The summed E-state index contributed by atoms with van der Waals surface area (Å²) in [5, 5.41) is 9.15. The van der Waals surface area contributed by atoms with Gasteiger partial charge in [-0.2, -0.15) is 5.10 Å². The number of hydrogen-bond acceptors (Lipinski definition) is 6. The first-order valence-corrected chi connectivity index (χ1v) is 13.3. The zero-order valence-corrected chi connectivity index (χ0v) is 21.8. The number of hydrazone groups is 1. The molecule has 1 fully saturated rings. The average molecular weight is 526 g/mol. The predicted molar refractivity (Wildman–Crippen MR) is 144 cm³/mol. The Balaban J connectivity index is 1.62. The molecule has 0 saturated heterocycles. The number of thiazole rings is 1. The van der Waals surface area contributed by atoms with Crippen molar-refractivity contribution in [2.75, 3.05) is 11.6 Å². The summed E-state index contributed by atoms with van der Waals surface area (Å²) in [5.74, 6) is -0.209. The fourth-order valence-corrected chi connectivity index (χ4v) is 6.21. The second-order valence-electron chi connectivity index (χ2n) is 8.62. The minimum atomic E-state index is -0.355. The fraction of sp³-hybridized carbons (Fsp3) is 0.296. The Labute approximate surface area is 219 Å². The minimum Gasteiger partial charge on any atom is -0.462 e. The first-order chi connectivity index (χ1) is 17.0. The van der Waals surface area contributed by atoms with Crippen LogP contribution < -0.4 is 5.01 Å². The lowest BCUT2D eigenvalue weighted by Crippen LogP contribution is -2.28. The molecule has 1 aromatic heterocycles. The molecule has 2 atom stereocenters. The molecule has 0 N–H and O–H groups in total. The molecule has 1 aliphatic heterocycles. The highest BCUT2D eigenvalue weighted by molar-refractivity contribution is 7.17. The van der Waals surface area contributed by atoms with Gasteiger partial charge in [-0.3, -0.25) is 0 Å². The van der Waals surface area contributed by atoms with E-state index in [2.05, 4.69) is 12.1 Å². The van der Waals surface area contributed by atoms with E-state index in [0.717, 1.165) is 41.1 Å². The van der Waals surface area contributed by atoms with Crippen molar-refractivity contribution >= 4 is 57.4 Å². The van der Waals surface area contributed by atoms with Gasteiger partial charge in [0.1, 0.15) is 4.88 Å². The van der Waals surface area contributed by atoms with Crippen molar-refractivity contribution in [3.8, 4) is 0 Å². The topological polar surface area (TPSA) is 54.8 Å². The maximum atomic E-state index is 12.5. The van der Waals surface area contributed by atoms with Crippen molar-refractivity contribution in [3.63, 3.8) is 0 Å². The van der Waals surface area contributed by atoms with Crippen LogP contribution >= 0.6 is 34.5 Å². The van der Waals surface area contributed by atoms with Crippen LogP contribution in [0.5, 0.6) is 0 Å². The van der Waals surface area contributed by atoms with Gasteiger partial charge in [0.2, 0.25) is 5.13 Å². The van der Waals surface area contributed by atoms with Crippen LogP contribution in [0.15, 0.2) is 59.2 Å². The van der Waals surface area contributed by atoms with Gasteiger partial charge in [0.15, 0.2) is 0 Å². The quantitative estimate of drug-likeness (QED) is 0.319. The van der Waals surface area contributed by atoms with Crippen LogP contribution in [0.1, 0.15) is 58.7 Å². The third-order valence-corrected chi connectivity index (χ3v) is 8.22. The molecule has 2 aliphatic rings. The molecule has 35 heavy (non-hydrogen) atoms. The van der Waals surface area contributed by atoms with E-state index in [1.807, 2.05) is 54.4 Å². The van der Waals surface area contributed by atoms with Gasteiger partial charge in [-0.25, -0.2) is 14.8 Å². The second-order valence-corrected chi connectivity index (χ2v) is 10.4. The van der Waals surface area contributed by atoms with Gasteiger partial charge >= 0.3 is 5.97 Å². The summed E-state index contributed by atoms with van der Waals surface area (Å²) in [7, 11) is 0. The van der Waals surface area contributed by atoms with E-state index in [4.69, 9.17) is 38.0 Å². The van der Waals surface area contributed by atoms with Crippen LogP contribution in [0.2, 0.25) is 10.0 Å². The summed E-state index contributed by atoms with van der Waals surface area (Å²) in [6, 6.07) is 15.6. The molecule has 0 bridgehead atoms. The maximum absolute atomic E-state index is 12.5. The molecule has 0 spiro atoms. The molecule has 2 aromatic carbocycles. The molecular formula is C27H25Cl2N3O2S. The lowest BCUT2D eigenvalue weighted by Gasteiger charge is -2.30. The Morgan fingerprint density at radius 2 is 1.91 bits per heavy atom. The Morgan fingerprint density at radius 1 is 1.17 bits per heavy atom. The normalized spacial score (nSPS) is 20.6. The van der Waals surface area contributed by atoms with Gasteiger partial charge in [0, 0.05) is 16.0 Å². The maximum Gasteiger partial charge on any atom is 0.350 e. The number of aryl methyl sites for hydroxylation is 1. The largest absolute Gasteiger partial charge is 0.462 e. The molecule has 1 aliphatic carbocycles. The van der Waals surface area contributed by atoms with Crippen molar-refractivity contribution in [3.05, 3.63) is 85.8 Å². The van der Waals surface area contributed by atoms with Crippen LogP contribution in [0.25, 0.3) is 6.08 Å². The number of aromatic nitrogens is 1. The third-order valence-electron chi connectivity index (χ3n) is 6.40. The van der Waals surface area contributed by atoms with Gasteiger partial charge < -0.3 is 4.74 Å². The summed E-state index contributed by atoms with van der Waals surface area (Å²) in [5.41, 5.74) is 4.83. The first-order valence-electron chi connectivity index (χ1n) is 11.7. The standard InChI is InChI=1S/C27H25Cl2N3O2S/c1-3-34-26(33)25-16(2)30-27(35-25)32-24(19-11-5-7-14-22(19)29)20-12-8-10-18(23(20)31-32)15-17-9-4-6-13-21(17)28/h4-7,9,11,13-15,20,24H,3,8,10,12H2,1-2H3/b18-15+. The SMILES string of the molecule is CCOC(=O)c1sc(N2N=C3/C(=C/c4ccccc4Cl)CCCC3C2c2ccccc2Cl)nc1C. The zero-order valence-electron chi connectivity index (χ0n) is 19.5. The zero-order chi connectivity index (χ0) is 24.5. The number of fused-ring (bicyclic) bond motifs is 1. The van der Waals surface area contributed by atoms with Crippen molar-refractivity contribution in [1.82, 2.24) is 4.98 Å². The van der Waals surface area contributed by atoms with Crippen molar-refractivity contribution in [2.45, 2.75) is 39.2 Å². The number of anilines is 1. The molecule has 0 amide bonds. The molecule has 2 heterocycles. The smallest absolute Gasteiger partial charge is 0.350 e. The molecule has 0 radical (unpaired) electrons. The third kappa shape index (κ3) is 4.63. The molecule has 5 rings (SSSR count). The van der Waals surface area contributed by atoms with E-state index in [9.17, 15) is 4.79 Å². The number of hydrogen-bond donors (Lipinski definition) is 0. The van der Waals surface area contributed by atoms with Gasteiger partial charge in [0.05, 0.1) is 24.1 Å². The molecule has 1 saturated carbocycles.